The van der Waals surface area contributed by atoms with E-state index in [0.717, 1.165) is 36.2 Å². The van der Waals surface area contributed by atoms with Crippen LogP contribution in [0.2, 0.25) is 0 Å². The Balaban J connectivity index is 0.00000161. The molecule has 21 heavy (non-hydrogen) atoms. The maximum Gasteiger partial charge on any atom is 0.157 e. The van der Waals surface area contributed by atoms with Gasteiger partial charge in [0, 0.05) is 12.5 Å². The van der Waals surface area contributed by atoms with Gasteiger partial charge in [0.25, 0.3) is 0 Å². The Labute approximate surface area is 129 Å². The molecule has 0 spiro atoms. The van der Waals surface area contributed by atoms with Gasteiger partial charge in [-0.3, -0.25) is 0 Å². The third-order valence-electron chi connectivity index (χ3n) is 3.83. The molecule has 1 aliphatic rings. The lowest BCUT2D eigenvalue weighted by molar-refractivity contribution is 0.402. The van der Waals surface area contributed by atoms with Crippen molar-refractivity contribution < 1.29 is 15.3 Å². The van der Waals surface area contributed by atoms with Gasteiger partial charge in [-0.2, -0.15) is 0 Å². The second-order valence-corrected chi connectivity index (χ2v) is 5.14. The van der Waals surface area contributed by atoms with Crippen LogP contribution in [0, 0.1) is 0 Å². The van der Waals surface area contributed by atoms with Gasteiger partial charge in [-0.1, -0.05) is 12.1 Å². The van der Waals surface area contributed by atoms with Gasteiger partial charge in [0.15, 0.2) is 11.5 Å². The third-order valence-corrected chi connectivity index (χ3v) is 3.83. The maximum atomic E-state index is 9.77. The summed E-state index contributed by atoms with van der Waals surface area (Å²) in [4.78, 5) is 0. The molecule has 0 fully saturated rings. The van der Waals surface area contributed by atoms with Crippen LogP contribution in [0.25, 0.3) is 0 Å². The first-order chi connectivity index (χ1) is 9.65. The summed E-state index contributed by atoms with van der Waals surface area (Å²) in [6.45, 7) is 1.60. The zero-order chi connectivity index (χ0) is 14.1. The number of rotatable bonds is 1. The molecule has 0 radical (unpaired) electrons. The number of hydrogen-bond acceptors (Lipinski definition) is 4. The Morgan fingerprint density at radius 3 is 2.33 bits per heavy atom. The van der Waals surface area contributed by atoms with Crippen molar-refractivity contribution in [2.75, 3.05) is 13.1 Å². The van der Waals surface area contributed by atoms with Crippen molar-refractivity contribution >= 4 is 12.4 Å². The molecule has 1 atom stereocenters. The Morgan fingerprint density at radius 2 is 1.62 bits per heavy atom. The van der Waals surface area contributed by atoms with Crippen molar-refractivity contribution in [3.05, 3.63) is 53.1 Å². The summed E-state index contributed by atoms with van der Waals surface area (Å²) >= 11 is 0. The molecular formula is C16H18ClNO3. The van der Waals surface area contributed by atoms with Crippen LogP contribution in [0.15, 0.2) is 36.4 Å². The number of nitrogens with one attached hydrogen (secondary N) is 1. The molecule has 4 nitrogen and oxygen atoms in total. The Morgan fingerprint density at radius 1 is 0.952 bits per heavy atom. The molecule has 4 N–H and O–H groups in total. The van der Waals surface area contributed by atoms with Gasteiger partial charge < -0.3 is 20.6 Å². The van der Waals surface area contributed by atoms with Crippen molar-refractivity contribution in [3.8, 4) is 17.2 Å². The number of hydrogen-bond donors (Lipinski definition) is 4. The van der Waals surface area contributed by atoms with Crippen LogP contribution in [0.1, 0.15) is 22.6 Å². The standard InChI is InChI=1S/C16H17NO3.ClH/c18-12-3-1-10(2-4-12)14-9-17-6-5-11-7-15(19)16(20)8-13(11)14;/h1-4,7-8,14,17-20H,5-6,9H2;1H. The average molecular weight is 308 g/mol. The van der Waals surface area contributed by atoms with E-state index >= 15 is 0 Å². The highest BCUT2D eigenvalue weighted by atomic mass is 35.5. The summed E-state index contributed by atoms with van der Waals surface area (Å²) < 4.78 is 0. The van der Waals surface area contributed by atoms with E-state index in [2.05, 4.69) is 5.32 Å². The largest absolute Gasteiger partial charge is 0.508 e. The first-order valence-corrected chi connectivity index (χ1v) is 6.69. The number of halogens is 1. The van der Waals surface area contributed by atoms with E-state index in [9.17, 15) is 15.3 Å². The molecule has 3 rings (SSSR count). The van der Waals surface area contributed by atoms with Crippen LogP contribution in [0.3, 0.4) is 0 Å². The average Bonchev–Trinajstić information content (AvgIpc) is 2.63. The van der Waals surface area contributed by atoms with E-state index in [1.54, 1.807) is 24.3 Å². The highest BCUT2D eigenvalue weighted by Gasteiger charge is 2.22. The van der Waals surface area contributed by atoms with Crippen molar-refractivity contribution in [2.24, 2.45) is 0 Å². The molecule has 0 saturated carbocycles. The Hall–Kier alpha value is -1.91. The minimum Gasteiger partial charge on any atom is -0.508 e. The SMILES string of the molecule is Cl.Oc1ccc(C2CNCCc3cc(O)c(O)cc32)cc1. The van der Waals surface area contributed by atoms with Gasteiger partial charge >= 0.3 is 0 Å². The van der Waals surface area contributed by atoms with E-state index in [4.69, 9.17) is 0 Å². The van der Waals surface area contributed by atoms with E-state index in [-0.39, 0.29) is 35.6 Å². The van der Waals surface area contributed by atoms with Crippen LogP contribution in [-0.2, 0) is 6.42 Å². The second kappa shape index (κ2) is 6.24. The summed E-state index contributed by atoms with van der Waals surface area (Å²) in [5.74, 6) is 0.174. The first-order valence-electron chi connectivity index (χ1n) is 6.69. The number of fused-ring (bicyclic) bond motifs is 1. The van der Waals surface area contributed by atoms with Crippen molar-refractivity contribution in [1.82, 2.24) is 5.32 Å². The lowest BCUT2D eigenvalue weighted by Crippen LogP contribution is -2.20. The highest BCUT2D eigenvalue weighted by molar-refractivity contribution is 5.85. The van der Waals surface area contributed by atoms with Crippen LogP contribution in [0.5, 0.6) is 17.2 Å². The summed E-state index contributed by atoms with van der Waals surface area (Å²) in [7, 11) is 0. The normalized spacial score (nSPS) is 17.4. The first kappa shape index (κ1) is 15.5. The summed E-state index contributed by atoms with van der Waals surface area (Å²) in [5, 5.41) is 32.2. The fourth-order valence-electron chi connectivity index (χ4n) is 2.76. The molecule has 112 valence electrons. The fraction of sp³-hybridized carbons (Fsp3) is 0.250. The molecule has 0 aliphatic carbocycles. The lowest BCUT2D eigenvalue weighted by Gasteiger charge is -2.19. The van der Waals surface area contributed by atoms with Gasteiger partial charge in [-0.25, -0.2) is 0 Å². The van der Waals surface area contributed by atoms with Gasteiger partial charge in [0.05, 0.1) is 0 Å². The van der Waals surface area contributed by atoms with Gasteiger partial charge in [-0.15, -0.1) is 12.4 Å². The molecule has 1 unspecified atom stereocenters. The van der Waals surface area contributed by atoms with Crippen LogP contribution in [0.4, 0.5) is 0 Å². The Bertz CT molecular complexity index is 628. The predicted molar refractivity (Wildman–Crippen MR) is 83.5 cm³/mol. The fourth-order valence-corrected chi connectivity index (χ4v) is 2.76. The van der Waals surface area contributed by atoms with Crippen molar-refractivity contribution in [1.29, 1.82) is 0 Å². The van der Waals surface area contributed by atoms with E-state index in [1.807, 2.05) is 12.1 Å². The lowest BCUT2D eigenvalue weighted by atomic mass is 9.88. The zero-order valence-electron chi connectivity index (χ0n) is 11.4. The molecule has 2 aromatic rings. The topological polar surface area (TPSA) is 72.7 Å². The molecule has 0 bridgehead atoms. The van der Waals surface area contributed by atoms with Gasteiger partial charge in [-0.05, 0) is 53.9 Å². The third kappa shape index (κ3) is 3.06. The van der Waals surface area contributed by atoms with Gasteiger partial charge in [0.2, 0.25) is 0 Å². The predicted octanol–water partition coefficient (Wildman–Crippen LogP) is 2.50. The number of phenols is 3. The molecule has 0 amide bonds. The molecule has 0 aromatic heterocycles. The molecule has 0 saturated heterocycles. The molecular weight excluding hydrogens is 290 g/mol. The molecule has 5 heteroatoms. The smallest absolute Gasteiger partial charge is 0.157 e. The minimum atomic E-state index is -0.0885. The number of aromatic hydroxyl groups is 3. The van der Waals surface area contributed by atoms with Crippen molar-refractivity contribution in [3.63, 3.8) is 0 Å². The summed E-state index contributed by atoms with van der Waals surface area (Å²) in [6.07, 6.45) is 0.817. The summed E-state index contributed by atoms with van der Waals surface area (Å²) in [6, 6.07) is 10.4. The van der Waals surface area contributed by atoms with Gasteiger partial charge in [0.1, 0.15) is 5.75 Å². The van der Waals surface area contributed by atoms with Crippen LogP contribution in [-0.4, -0.2) is 28.4 Å². The van der Waals surface area contributed by atoms with E-state index in [1.165, 1.54) is 0 Å². The van der Waals surface area contributed by atoms with E-state index < -0.39 is 0 Å². The highest BCUT2D eigenvalue weighted by Crippen LogP contribution is 2.36. The maximum absolute atomic E-state index is 9.77. The number of benzene rings is 2. The number of phenolic OH excluding ortho intramolecular Hbond substituents is 3. The summed E-state index contributed by atoms with van der Waals surface area (Å²) in [5.41, 5.74) is 3.14. The monoisotopic (exact) mass is 307 g/mol. The quantitative estimate of drug-likeness (QED) is 0.611. The Kier molecular flexibility index (Phi) is 4.60. The van der Waals surface area contributed by atoms with E-state index in [0.29, 0.717) is 0 Å². The molecule has 1 aliphatic heterocycles. The second-order valence-electron chi connectivity index (χ2n) is 5.14. The molecule has 1 heterocycles. The molecule has 2 aromatic carbocycles. The van der Waals surface area contributed by atoms with Crippen LogP contribution >= 0.6 is 12.4 Å². The van der Waals surface area contributed by atoms with Crippen LogP contribution < -0.4 is 5.32 Å². The zero-order valence-corrected chi connectivity index (χ0v) is 12.2. The minimum absolute atomic E-state index is 0. The van der Waals surface area contributed by atoms with Crippen molar-refractivity contribution in [2.45, 2.75) is 12.3 Å².